The Morgan fingerprint density at radius 3 is 2.95 bits per heavy atom. The van der Waals surface area contributed by atoms with Crippen LogP contribution in [0.1, 0.15) is 57.4 Å². The molecule has 0 amide bonds. The number of pyridine rings is 1. The van der Waals surface area contributed by atoms with Crippen LogP contribution in [0.5, 0.6) is 0 Å². The lowest BCUT2D eigenvalue weighted by Gasteiger charge is -2.37. The van der Waals surface area contributed by atoms with E-state index in [0.29, 0.717) is 12.1 Å². The minimum atomic E-state index is 0.654. The van der Waals surface area contributed by atoms with Crippen LogP contribution in [-0.4, -0.2) is 23.6 Å². The van der Waals surface area contributed by atoms with Crippen molar-refractivity contribution in [3.8, 4) is 0 Å². The number of halogens is 1. The molecule has 3 rings (SSSR count). The molecule has 2 aliphatic rings. The van der Waals surface area contributed by atoms with E-state index in [1.165, 1.54) is 50.5 Å². The predicted molar refractivity (Wildman–Crippen MR) is 89.0 cm³/mol. The molecule has 116 valence electrons. The Morgan fingerprint density at radius 1 is 1.33 bits per heavy atom. The molecular formula is C17H26ClN3. The number of hydrogen-bond donors (Lipinski definition) is 1. The fourth-order valence-corrected chi connectivity index (χ4v) is 3.41. The lowest BCUT2D eigenvalue weighted by atomic mass is 9.98. The van der Waals surface area contributed by atoms with Gasteiger partial charge in [-0.2, -0.15) is 0 Å². The van der Waals surface area contributed by atoms with Crippen LogP contribution in [0.25, 0.3) is 0 Å². The number of nitrogens with one attached hydrogen (secondary N) is 1. The zero-order chi connectivity index (χ0) is 14.7. The zero-order valence-electron chi connectivity index (χ0n) is 12.9. The Kier molecular flexibility index (Phi) is 5.02. The number of piperidine rings is 1. The maximum Gasteiger partial charge on any atom is 0.129 e. The highest BCUT2D eigenvalue weighted by atomic mass is 35.5. The van der Waals surface area contributed by atoms with E-state index in [9.17, 15) is 0 Å². The maximum absolute atomic E-state index is 6.32. The summed E-state index contributed by atoms with van der Waals surface area (Å²) < 4.78 is 0. The Balaban J connectivity index is 1.74. The quantitative estimate of drug-likeness (QED) is 0.856. The summed E-state index contributed by atoms with van der Waals surface area (Å²) in [6, 6.07) is 3.56. The van der Waals surface area contributed by atoms with Crippen LogP contribution in [0.15, 0.2) is 12.3 Å². The molecule has 21 heavy (non-hydrogen) atoms. The molecule has 1 N–H and O–H groups in total. The molecule has 3 nitrogen and oxygen atoms in total. The van der Waals surface area contributed by atoms with Gasteiger partial charge < -0.3 is 10.2 Å². The van der Waals surface area contributed by atoms with Crippen molar-refractivity contribution in [2.45, 2.75) is 70.5 Å². The van der Waals surface area contributed by atoms with Crippen LogP contribution in [0, 0.1) is 0 Å². The maximum atomic E-state index is 6.32. The first-order valence-corrected chi connectivity index (χ1v) is 8.80. The van der Waals surface area contributed by atoms with Crippen LogP contribution in [0.3, 0.4) is 0 Å². The van der Waals surface area contributed by atoms with Crippen LogP contribution >= 0.6 is 11.6 Å². The van der Waals surface area contributed by atoms with E-state index in [2.05, 4.69) is 28.2 Å². The Labute approximate surface area is 133 Å². The van der Waals surface area contributed by atoms with Crippen molar-refractivity contribution in [1.82, 2.24) is 10.3 Å². The molecule has 1 saturated heterocycles. The van der Waals surface area contributed by atoms with Gasteiger partial charge in [-0.25, -0.2) is 4.98 Å². The molecule has 1 unspecified atom stereocenters. The normalized spacial score (nSPS) is 22.6. The van der Waals surface area contributed by atoms with E-state index >= 15 is 0 Å². The molecule has 4 heteroatoms. The highest BCUT2D eigenvalue weighted by molar-refractivity contribution is 6.31. The molecule has 0 aromatic carbocycles. The minimum Gasteiger partial charge on any atom is -0.354 e. The van der Waals surface area contributed by atoms with Crippen molar-refractivity contribution in [2.75, 3.05) is 11.4 Å². The van der Waals surface area contributed by atoms with Crippen molar-refractivity contribution in [1.29, 1.82) is 0 Å². The van der Waals surface area contributed by atoms with Crippen LogP contribution in [-0.2, 0) is 6.54 Å². The smallest absolute Gasteiger partial charge is 0.129 e. The van der Waals surface area contributed by atoms with Gasteiger partial charge >= 0.3 is 0 Å². The summed E-state index contributed by atoms with van der Waals surface area (Å²) in [5.74, 6) is 1.12. The number of hydrogen-bond acceptors (Lipinski definition) is 3. The van der Waals surface area contributed by atoms with Crippen LogP contribution < -0.4 is 10.2 Å². The van der Waals surface area contributed by atoms with Crippen LogP contribution in [0.2, 0.25) is 5.02 Å². The van der Waals surface area contributed by atoms with Crippen molar-refractivity contribution in [3.63, 3.8) is 0 Å². The molecule has 2 fully saturated rings. The number of nitrogens with zero attached hydrogens (tertiary/aromatic N) is 2. The first kappa shape index (κ1) is 15.1. The third kappa shape index (κ3) is 3.89. The van der Waals surface area contributed by atoms with Gasteiger partial charge in [-0.1, -0.05) is 24.9 Å². The van der Waals surface area contributed by atoms with Gasteiger partial charge in [-0.05, 0) is 50.2 Å². The molecule has 1 aliphatic heterocycles. The monoisotopic (exact) mass is 307 g/mol. The minimum absolute atomic E-state index is 0.654. The fourth-order valence-electron chi connectivity index (χ4n) is 3.24. The van der Waals surface area contributed by atoms with Crippen molar-refractivity contribution >= 4 is 17.4 Å². The molecular weight excluding hydrogens is 282 g/mol. The average molecular weight is 308 g/mol. The van der Waals surface area contributed by atoms with Gasteiger partial charge in [0, 0.05) is 31.4 Å². The fraction of sp³-hybridized carbons (Fsp3) is 0.706. The second-order valence-electron chi connectivity index (χ2n) is 6.42. The van der Waals surface area contributed by atoms with E-state index in [4.69, 9.17) is 11.6 Å². The SMILES string of the molecule is CCCC1CCCCN1c1cc(CNC2CC2)c(Cl)cn1. The molecule has 0 radical (unpaired) electrons. The topological polar surface area (TPSA) is 28.2 Å². The summed E-state index contributed by atoms with van der Waals surface area (Å²) in [7, 11) is 0. The Bertz CT molecular complexity index is 471. The summed E-state index contributed by atoms with van der Waals surface area (Å²) >= 11 is 6.32. The number of anilines is 1. The molecule has 1 atom stereocenters. The first-order valence-electron chi connectivity index (χ1n) is 8.42. The number of aromatic nitrogens is 1. The van der Waals surface area contributed by atoms with Gasteiger partial charge in [0.15, 0.2) is 0 Å². The van der Waals surface area contributed by atoms with E-state index in [1.807, 2.05) is 6.20 Å². The van der Waals surface area contributed by atoms with Gasteiger partial charge in [0.2, 0.25) is 0 Å². The highest BCUT2D eigenvalue weighted by Crippen LogP contribution is 2.29. The summed E-state index contributed by atoms with van der Waals surface area (Å²) in [6.07, 6.45) is 10.9. The number of rotatable bonds is 6. The van der Waals surface area contributed by atoms with E-state index in [0.717, 1.165) is 23.9 Å². The third-order valence-corrected chi connectivity index (χ3v) is 4.96. The second kappa shape index (κ2) is 6.97. The average Bonchev–Trinajstić information content (AvgIpc) is 3.32. The molecule has 1 aromatic rings. The van der Waals surface area contributed by atoms with Crippen molar-refractivity contribution in [2.24, 2.45) is 0 Å². The standard InChI is InChI=1S/C17H26ClN3/c1-2-5-15-6-3-4-9-21(15)17-10-13(16(18)12-20-17)11-19-14-7-8-14/h10,12,14-15,19H,2-9,11H2,1H3. The van der Waals surface area contributed by atoms with Gasteiger partial charge in [-0.3, -0.25) is 0 Å². The van der Waals surface area contributed by atoms with E-state index < -0.39 is 0 Å². The Hall–Kier alpha value is -0.800. The molecule has 0 bridgehead atoms. The molecule has 2 heterocycles. The molecule has 1 aromatic heterocycles. The molecule has 1 aliphatic carbocycles. The van der Waals surface area contributed by atoms with Crippen LogP contribution in [0.4, 0.5) is 5.82 Å². The zero-order valence-corrected chi connectivity index (χ0v) is 13.7. The lowest BCUT2D eigenvalue weighted by molar-refractivity contribution is 0.431. The predicted octanol–water partition coefficient (Wildman–Crippen LogP) is 4.15. The summed E-state index contributed by atoms with van der Waals surface area (Å²) in [4.78, 5) is 7.11. The largest absolute Gasteiger partial charge is 0.354 e. The third-order valence-electron chi connectivity index (χ3n) is 4.62. The van der Waals surface area contributed by atoms with Crippen molar-refractivity contribution in [3.05, 3.63) is 22.8 Å². The summed E-state index contributed by atoms with van der Waals surface area (Å²) in [5.41, 5.74) is 1.19. The van der Waals surface area contributed by atoms with Crippen molar-refractivity contribution < 1.29 is 0 Å². The summed E-state index contributed by atoms with van der Waals surface area (Å²) in [5, 5.41) is 4.34. The van der Waals surface area contributed by atoms with E-state index in [1.54, 1.807) is 0 Å². The lowest BCUT2D eigenvalue weighted by Crippen LogP contribution is -2.40. The summed E-state index contributed by atoms with van der Waals surface area (Å²) in [6.45, 7) is 4.27. The second-order valence-corrected chi connectivity index (χ2v) is 6.83. The molecule has 1 saturated carbocycles. The first-order chi connectivity index (χ1) is 10.3. The highest BCUT2D eigenvalue weighted by Gasteiger charge is 2.24. The molecule has 0 spiro atoms. The van der Waals surface area contributed by atoms with Gasteiger partial charge in [-0.15, -0.1) is 0 Å². The van der Waals surface area contributed by atoms with Gasteiger partial charge in [0.05, 0.1) is 5.02 Å². The van der Waals surface area contributed by atoms with Gasteiger partial charge in [0.25, 0.3) is 0 Å². The van der Waals surface area contributed by atoms with Gasteiger partial charge in [0.1, 0.15) is 5.82 Å². The van der Waals surface area contributed by atoms with E-state index in [-0.39, 0.29) is 0 Å². The Morgan fingerprint density at radius 2 is 2.19 bits per heavy atom.